The molecule has 3 aromatic rings. The van der Waals surface area contributed by atoms with Gasteiger partial charge < -0.3 is 20.6 Å². The van der Waals surface area contributed by atoms with Crippen LogP contribution in [-0.4, -0.2) is 64.6 Å². The summed E-state index contributed by atoms with van der Waals surface area (Å²) in [6.45, 7) is 3.97. The van der Waals surface area contributed by atoms with Crippen molar-refractivity contribution in [2.45, 2.75) is 25.7 Å². The normalized spacial score (nSPS) is 15.1. The van der Waals surface area contributed by atoms with E-state index in [0.717, 1.165) is 38.4 Å². The first-order chi connectivity index (χ1) is 16.2. The number of rotatable bonds is 11. The quantitative estimate of drug-likeness (QED) is 0.227. The van der Waals surface area contributed by atoms with E-state index in [2.05, 4.69) is 56.2 Å². The lowest BCUT2D eigenvalue weighted by Crippen LogP contribution is -2.35. The number of hydrogen-bond donors (Lipinski definition) is 3. The Bertz CT molecular complexity index is 1050. The Balaban J connectivity index is 1.28. The lowest BCUT2D eigenvalue weighted by molar-refractivity contribution is -0.382. The van der Waals surface area contributed by atoms with Gasteiger partial charge in [-0.15, -0.1) is 0 Å². The second-order valence-corrected chi connectivity index (χ2v) is 8.44. The summed E-state index contributed by atoms with van der Waals surface area (Å²) in [4.78, 5) is 13.5. The molecule has 0 atom stereocenters. The van der Waals surface area contributed by atoms with Crippen molar-refractivity contribution in [2.24, 2.45) is 5.92 Å². The largest absolute Gasteiger partial charge is 0.395 e. The maximum absolute atomic E-state index is 11.5. The maximum Gasteiger partial charge on any atom is 0.323 e. The van der Waals surface area contributed by atoms with Gasteiger partial charge in [0.2, 0.25) is 5.52 Å². The van der Waals surface area contributed by atoms with Gasteiger partial charge in [0.15, 0.2) is 5.52 Å². The summed E-state index contributed by atoms with van der Waals surface area (Å²) in [6.07, 6.45) is 4.53. The summed E-state index contributed by atoms with van der Waals surface area (Å²) in [5.41, 5.74) is 2.54. The van der Waals surface area contributed by atoms with Crippen LogP contribution in [-0.2, 0) is 6.42 Å². The molecule has 3 N–H and O–H groups in total. The first kappa shape index (κ1) is 22.9. The molecule has 0 bridgehead atoms. The first-order valence-corrected chi connectivity index (χ1v) is 11.4. The molecule has 1 fully saturated rings. The van der Waals surface area contributed by atoms with E-state index in [1.165, 1.54) is 18.4 Å². The zero-order valence-corrected chi connectivity index (χ0v) is 18.6. The Morgan fingerprint density at radius 1 is 1.09 bits per heavy atom. The van der Waals surface area contributed by atoms with E-state index in [1.807, 2.05) is 0 Å². The van der Waals surface area contributed by atoms with Crippen molar-refractivity contribution in [2.75, 3.05) is 50.0 Å². The minimum absolute atomic E-state index is 0.0888. The molecule has 1 aliphatic heterocycles. The smallest absolute Gasteiger partial charge is 0.323 e. The molecule has 0 spiro atoms. The summed E-state index contributed by atoms with van der Waals surface area (Å²) in [7, 11) is 0. The Labute approximate surface area is 192 Å². The third-order valence-corrected chi connectivity index (χ3v) is 6.16. The van der Waals surface area contributed by atoms with Crippen LogP contribution in [0.1, 0.15) is 24.8 Å². The van der Waals surface area contributed by atoms with Crippen LogP contribution in [0.5, 0.6) is 0 Å². The standard InChI is InChI=1S/C23H30N6O4/c30-14-10-25-20-16-19(21-22(27-33-26-21)23(20)29(31)32)24-9-4-11-28-12-7-18(8-13-28)15-17-5-2-1-3-6-17/h1-3,5-6,16,18,24-25,30H,4,7-15H2. The van der Waals surface area contributed by atoms with Crippen LogP contribution < -0.4 is 10.6 Å². The number of aliphatic hydroxyl groups excluding tert-OH is 1. The highest BCUT2D eigenvalue weighted by molar-refractivity contribution is 5.99. The molecule has 33 heavy (non-hydrogen) atoms. The van der Waals surface area contributed by atoms with Crippen LogP contribution in [0.25, 0.3) is 11.0 Å². The number of likely N-dealkylation sites (tertiary alicyclic amines) is 1. The molecule has 1 aliphatic rings. The molecule has 2 heterocycles. The second-order valence-electron chi connectivity index (χ2n) is 8.44. The molecule has 10 heteroatoms. The average Bonchev–Trinajstić information content (AvgIpc) is 3.31. The fraction of sp³-hybridized carbons (Fsp3) is 0.478. The predicted octanol–water partition coefficient (Wildman–Crippen LogP) is 3.29. The van der Waals surface area contributed by atoms with E-state index < -0.39 is 4.92 Å². The Morgan fingerprint density at radius 2 is 1.82 bits per heavy atom. The van der Waals surface area contributed by atoms with Gasteiger partial charge in [0.1, 0.15) is 5.69 Å². The van der Waals surface area contributed by atoms with Gasteiger partial charge in [0.05, 0.1) is 17.2 Å². The van der Waals surface area contributed by atoms with Crippen LogP contribution in [0.2, 0.25) is 0 Å². The third-order valence-electron chi connectivity index (χ3n) is 6.16. The van der Waals surface area contributed by atoms with Gasteiger partial charge in [-0.3, -0.25) is 10.1 Å². The number of hydrogen-bond acceptors (Lipinski definition) is 9. The molecular formula is C23H30N6O4. The summed E-state index contributed by atoms with van der Waals surface area (Å²) >= 11 is 0. The SMILES string of the molecule is O=[N+]([O-])c1c(NCCO)cc(NCCCN2CCC(Cc3ccccc3)CC2)c2nonc12. The average molecular weight is 455 g/mol. The molecule has 0 radical (unpaired) electrons. The highest BCUT2D eigenvalue weighted by Crippen LogP contribution is 2.36. The van der Waals surface area contributed by atoms with Crippen LogP contribution >= 0.6 is 0 Å². The van der Waals surface area contributed by atoms with Crippen molar-refractivity contribution in [1.82, 2.24) is 15.2 Å². The summed E-state index contributed by atoms with van der Waals surface area (Å²) in [5.74, 6) is 0.750. The molecule has 0 amide bonds. The van der Waals surface area contributed by atoms with Gasteiger partial charge in [0.25, 0.3) is 0 Å². The van der Waals surface area contributed by atoms with Crippen molar-refractivity contribution in [3.8, 4) is 0 Å². The lowest BCUT2D eigenvalue weighted by Gasteiger charge is -2.32. The van der Waals surface area contributed by atoms with Crippen molar-refractivity contribution in [3.63, 3.8) is 0 Å². The summed E-state index contributed by atoms with van der Waals surface area (Å²) < 4.78 is 4.78. The molecule has 1 saturated heterocycles. The molecular weight excluding hydrogens is 424 g/mol. The van der Waals surface area contributed by atoms with Gasteiger partial charge in [0, 0.05) is 13.1 Å². The van der Waals surface area contributed by atoms with Crippen LogP contribution in [0.3, 0.4) is 0 Å². The first-order valence-electron chi connectivity index (χ1n) is 11.4. The Kier molecular flexibility index (Phi) is 7.69. The molecule has 0 saturated carbocycles. The number of aliphatic hydroxyl groups is 1. The number of benzene rings is 2. The van der Waals surface area contributed by atoms with E-state index in [9.17, 15) is 10.1 Å². The van der Waals surface area contributed by atoms with Gasteiger partial charge in [-0.2, -0.15) is 0 Å². The Morgan fingerprint density at radius 3 is 2.55 bits per heavy atom. The number of nitrogens with zero attached hydrogens (tertiary/aromatic N) is 4. The van der Waals surface area contributed by atoms with Crippen molar-refractivity contribution in [3.05, 3.63) is 52.1 Å². The van der Waals surface area contributed by atoms with Gasteiger partial charge in [-0.05, 0) is 73.2 Å². The predicted molar refractivity (Wildman–Crippen MR) is 126 cm³/mol. The minimum atomic E-state index is -0.516. The molecule has 176 valence electrons. The van der Waals surface area contributed by atoms with E-state index in [4.69, 9.17) is 9.74 Å². The molecule has 0 aliphatic carbocycles. The van der Waals surface area contributed by atoms with Crippen molar-refractivity contribution in [1.29, 1.82) is 0 Å². The number of fused-ring (bicyclic) bond motifs is 1. The van der Waals surface area contributed by atoms with E-state index in [0.29, 0.717) is 17.7 Å². The highest BCUT2D eigenvalue weighted by atomic mass is 16.6. The number of anilines is 2. The molecule has 1 aromatic heterocycles. The van der Waals surface area contributed by atoms with E-state index in [1.54, 1.807) is 6.07 Å². The molecule has 10 nitrogen and oxygen atoms in total. The number of aromatic nitrogens is 2. The van der Waals surface area contributed by atoms with Crippen molar-refractivity contribution < 1.29 is 14.7 Å². The second kappa shape index (κ2) is 11.1. The van der Waals surface area contributed by atoms with Gasteiger partial charge >= 0.3 is 5.69 Å². The van der Waals surface area contributed by atoms with E-state index in [-0.39, 0.29) is 30.0 Å². The number of nitrogens with one attached hydrogen (secondary N) is 2. The topological polar surface area (TPSA) is 130 Å². The Hall–Kier alpha value is -3.24. The van der Waals surface area contributed by atoms with Crippen LogP contribution in [0.4, 0.5) is 17.1 Å². The van der Waals surface area contributed by atoms with Crippen molar-refractivity contribution >= 4 is 28.1 Å². The zero-order valence-electron chi connectivity index (χ0n) is 18.6. The summed E-state index contributed by atoms with van der Waals surface area (Å²) in [5, 5.41) is 34.4. The monoisotopic (exact) mass is 454 g/mol. The zero-order chi connectivity index (χ0) is 23.0. The lowest BCUT2D eigenvalue weighted by atomic mass is 9.90. The number of nitro groups is 1. The van der Waals surface area contributed by atoms with Gasteiger partial charge in [-0.1, -0.05) is 30.3 Å². The minimum Gasteiger partial charge on any atom is -0.395 e. The van der Waals surface area contributed by atoms with E-state index >= 15 is 0 Å². The maximum atomic E-state index is 11.5. The molecule has 0 unspecified atom stereocenters. The van der Waals surface area contributed by atoms with Crippen LogP contribution in [0, 0.1) is 16.0 Å². The van der Waals surface area contributed by atoms with Gasteiger partial charge in [-0.25, -0.2) is 4.63 Å². The van der Waals surface area contributed by atoms with Crippen LogP contribution in [0.15, 0.2) is 41.0 Å². The number of nitro benzene ring substituents is 1. The highest BCUT2D eigenvalue weighted by Gasteiger charge is 2.25. The third kappa shape index (κ3) is 5.77. The fourth-order valence-corrected chi connectivity index (χ4v) is 4.46. The number of piperidine rings is 1. The molecule has 2 aromatic carbocycles. The summed E-state index contributed by atoms with van der Waals surface area (Å²) in [6, 6.07) is 12.3. The molecule has 4 rings (SSSR count). The fourth-order valence-electron chi connectivity index (χ4n) is 4.46.